The quantitative estimate of drug-likeness (QED) is 0.717. The molecule has 17 heavy (non-hydrogen) atoms. The summed E-state index contributed by atoms with van der Waals surface area (Å²) in [6.45, 7) is 0. The lowest BCUT2D eigenvalue weighted by Crippen LogP contribution is -1.79. The molecule has 0 aliphatic carbocycles. The van der Waals surface area contributed by atoms with E-state index in [-0.39, 0.29) is 0 Å². The monoisotopic (exact) mass is 287 g/mol. The van der Waals surface area contributed by atoms with Crippen molar-refractivity contribution < 1.29 is 5.11 Å². The highest BCUT2D eigenvalue weighted by atomic mass is 79.9. The lowest BCUT2D eigenvalue weighted by Gasteiger charge is -1.96. The number of hydrogen-bond acceptors (Lipinski definition) is 1. The van der Waals surface area contributed by atoms with E-state index in [0.29, 0.717) is 5.75 Å². The largest absolute Gasteiger partial charge is 0.508 e. The minimum Gasteiger partial charge on any atom is -0.508 e. The highest BCUT2D eigenvalue weighted by Crippen LogP contribution is 2.25. The highest BCUT2D eigenvalue weighted by Gasteiger charge is 2.02. The lowest BCUT2D eigenvalue weighted by molar-refractivity contribution is 0.475. The van der Waals surface area contributed by atoms with E-state index in [4.69, 9.17) is 0 Å². The molecule has 0 amide bonds. The van der Waals surface area contributed by atoms with Gasteiger partial charge in [-0.25, -0.2) is 0 Å². The van der Waals surface area contributed by atoms with Crippen molar-refractivity contribution in [1.29, 1.82) is 0 Å². The number of aromatic nitrogens is 1. The molecule has 0 fully saturated rings. The Morgan fingerprint density at radius 2 is 1.65 bits per heavy atom. The zero-order valence-corrected chi connectivity index (χ0v) is 10.6. The van der Waals surface area contributed by atoms with Gasteiger partial charge in [0.1, 0.15) is 5.75 Å². The molecule has 0 saturated carbocycles. The molecule has 0 aliphatic heterocycles. The molecular weight excluding hydrogens is 278 g/mol. The van der Waals surface area contributed by atoms with E-state index < -0.39 is 0 Å². The Hall–Kier alpha value is -1.74. The number of pyridine rings is 1. The van der Waals surface area contributed by atoms with Gasteiger partial charge in [0.2, 0.25) is 0 Å². The number of hydrogen-bond donors (Lipinski definition) is 1. The first-order chi connectivity index (χ1) is 8.22. The second-order valence-corrected chi connectivity index (χ2v) is 4.87. The van der Waals surface area contributed by atoms with Crippen molar-refractivity contribution in [3.63, 3.8) is 0 Å². The summed E-state index contributed by atoms with van der Waals surface area (Å²) in [7, 11) is 0. The second-order valence-electron chi connectivity index (χ2n) is 3.96. The first-order valence-electron chi connectivity index (χ1n) is 5.29. The van der Waals surface area contributed by atoms with Crippen molar-refractivity contribution in [3.8, 4) is 16.9 Å². The molecule has 0 atom stereocenters. The van der Waals surface area contributed by atoms with Gasteiger partial charge in [0.05, 0.1) is 0 Å². The molecule has 3 aromatic rings. The SMILES string of the molecule is Oc1ccc(-c2cc3ccc(Br)cn3c2)cc1. The van der Waals surface area contributed by atoms with E-state index >= 15 is 0 Å². The minimum absolute atomic E-state index is 0.292. The van der Waals surface area contributed by atoms with Crippen LogP contribution in [0.4, 0.5) is 0 Å². The fourth-order valence-corrected chi connectivity index (χ4v) is 2.25. The van der Waals surface area contributed by atoms with Crippen molar-refractivity contribution in [1.82, 2.24) is 4.40 Å². The number of phenolic OH excluding ortho intramolecular Hbond substituents is 1. The van der Waals surface area contributed by atoms with Crippen molar-refractivity contribution in [2.45, 2.75) is 0 Å². The zero-order valence-electron chi connectivity index (χ0n) is 8.97. The summed E-state index contributed by atoms with van der Waals surface area (Å²) in [4.78, 5) is 0. The number of nitrogens with zero attached hydrogens (tertiary/aromatic N) is 1. The molecule has 1 N–H and O–H groups in total. The van der Waals surface area contributed by atoms with Crippen LogP contribution in [-0.2, 0) is 0 Å². The first kappa shape index (κ1) is 10.4. The molecule has 3 heteroatoms. The van der Waals surface area contributed by atoms with E-state index in [1.54, 1.807) is 12.1 Å². The number of fused-ring (bicyclic) bond motifs is 1. The molecular formula is C14H10BrNO. The standard InChI is InChI=1S/C14H10BrNO/c15-12-3-4-13-7-11(8-16(13)9-12)10-1-5-14(17)6-2-10/h1-9,17H. The average molecular weight is 288 g/mol. The van der Waals surface area contributed by atoms with Gasteiger partial charge in [-0.05, 0) is 51.8 Å². The number of aromatic hydroxyl groups is 1. The molecule has 0 saturated heterocycles. The maximum atomic E-state index is 9.27. The summed E-state index contributed by atoms with van der Waals surface area (Å²) in [5.74, 6) is 0.292. The minimum atomic E-state index is 0.292. The van der Waals surface area contributed by atoms with Crippen LogP contribution in [0.2, 0.25) is 0 Å². The summed E-state index contributed by atoms with van der Waals surface area (Å²) < 4.78 is 3.13. The van der Waals surface area contributed by atoms with E-state index in [9.17, 15) is 5.11 Å². The van der Waals surface area contributed by atoms with Crippen LogP contribution in [0, 0.1) is 0 Å². The number of rotatable bonds is 1. The van der Waals surface area contributed by atoms with Crippen LogP contribution < -0.4 is 0 Å². The molecule has 2 aromatic heterocycles. The van der Waals surface area contributed by atoms with Gasteiger partial charge in [0.15, 0.2) is 0 Å². The van der Waals surface area contributed by atoms with Crippen LogP contribution in [0.15, 0.2) is 59.3 Å². The normalized spacial score (nSPS) is 10.9. The van der Waals surface area contributed by atoms with Gasteiger partial charge in [-0.3, -0.25) is 0 Å². The molecule has 2 heterocycles. The average Bonchev–Trinajstić information content (AvgIpc) is 2.72. The third kappa shape index (κ3) is 1.94. The zero-order chi connectivity index (χ0) is 11.8. The van der Waals surface area contributed by atoms with Crippen LogP contribution in [0.1, 0.15) is 0 Å². The molecule has 2 nitrogen and oxygen atoms in total. The van der Waals surface area contributed by atoms with Gasteiger partial charge < -0.3 is 9.51 Å². The van der Waals surface area contributed by atoms with Gasteiger partial charge in [-0.2, -0.15) is 0 Å². The number of halogens is 1. The summed E-state index contributed by atoms with van der Waals surface area (Å²) in [6.07, 6.45) is 4.10. The molecule has 1 aromatic carbocycles. The Morgan fingerprint density at radius 1 is 0.882 bits per heavy atom. The van der Waals surface area contributed by atoms with E-state index in [1.165, 1.54) is 0 Å². The van der Waals surface area contributed by atoms with Gasteiger partial charge in [0, 0.05) is 27.9 Å². The highest BCUT2D eigenvalue weighted by molar-refractivity contribution is 9.10. The van der Waals surface area contributed by atoms with Crippen LogP contribution in [0.5, 0.6) is 5.75 Å². The van der Waals surface area contributed by atoms with E-state index in [2.05, 4.69) is 38.7 Å². The maximum absolute atomic E-state index is 9.27. The van der Waals surface area contributed by atoms with Crippen LogP contribution >= 0.6 is 15.9 Å². The first-order valence-corrected chi connectivity index (χ1v) is 6.08. The molecule has 3 rings (SSSR count). The second kappa shape index (κ2) is 3.93. The van der Waals surface area contributed by atoms with Crippen LogP contribution in [0.3, 0.4) is 0 Å². The van der Waals surface area contributed by atoms with Gasteiger partial charge in [0.25, 0.3) is 0 Å². The topological polar surface area (TPSA) is 24.6 Å². The third-order valence-corrected chi connectivity index (χ3v) is 3.23. The third-order valence-electron chi connectivity index (χ3n) is 2.76. The summed E-state index contributed by atoms with van der Waals surface area (Å²) in [5, 5.41) is 9.27. The van der Waals surface area contributed by atoms with E-state index in [1.807, 2.05) is 24.4 Å². The lowest BCUT2D eigenvalue weighted by atomic mass is 10.1. The number of benzene rings is 1. The summed E-state index contributed by atoms with van der Waals surface area (Å²) in [6, 6.07) is 13.4. The van der Waals surface area contributed by atoms with E-state index in [0.717, 1.165) is 21.1 Å². The van der Waals surface area contributed by atoms with Crippen LogP contribution in [-0.4, -0.2) is 9.51 Å². The maximum Gasteiger partial charge on any atom is 0.115 e. The van der Waals surface area contributed by atoms with Crippen molar-refractivity contribution in [2.24, 2.45) is 0 Å². The molecule has 0 spiro atoms. The summed E-state index contributed by atoms with van der Waals surface area (Å²) >= 11 is 3.45. The fraction of sp³-hybridized carbons (Fsp3) is 0. The Balaban J connectivity index is 2.14. The van der Waals surface area contributed by atoms with Gasteiger partial charge in [-0.15, -0.1) is 0 Å². The smallest absolute Gasteiger partial charge is 0.115 e. The van der Waals surface area contributed by atoms with Gasteiger partial charge in [-0.1, -0.05) is 12.1 Å². The molecule has 84 valence electrons. The molecule has 0 unspecified atom stereocenters. The Bertz CT molecular complexity index is 670. The van der Waals surface area contributed by atoms with Crippen molar-refractivity contribution in [3.05, 3.63) is 59.3 Å². The van der Waals surface area contributed by atoms with Crippen molar-refractivity contribution in [2.75, 3.05) is 0 Å². The Morgan fingerprint density at radius 3 is 2.41 bits per heavy atom. The Labute approximate surface area is 107 Å². The molecule has 0 radical (unpaired) electrons. The summed E-state index contributed by atoms with van der Waals surface area (Å²) in [5.41, 5.74) is 3.39. The van der Waals surface area contributed by atoms with Crippen LogP contribution in [0.25, 0.3) is 16.6 Å². The molecule has 0 bridgehead atoms. The fourth-order valence-electron chi connectivity index (χ4n) is 1.89. The number of phenols is 1. The van der Waals surface area contributed by atoms with Crippen molar-refractivity contribution >= 4 is 21.4 Å². The predicted molar refractivity (Wildman–Crippen MR) is 72.2 cm³/mol. The predicted octanol–water partition coefficient (Wildman–Crippen LogP) is 4.07. The molecule has 0 aliphatic rings. The van der Waals surface area contributed by atoms with Gasteiger partial charge >= 0.3 is 0 Å². The Kier molecular flexibility index (Phi) is 2.41.